The molecule has 1 nitrogen and oxygen atoms in total. The fraction of sp³-hybridized carbons (Fsp3) is 0.400. The van der Waals surface area contributed by atoms with Crippen LogP contribution in [0.2, 0.25) is 5.02 Å². The minimum Gasteiger partial charge on any atom is -0.396 e. The van der Waals surface area contributed by atoms with Crippen LogP contribution in [0.1, 0.15) is 5.56 Å². The Balaban J connectivity index is 2.63. The van der Waals surface area contributed by atoms with Crippen LogP contribution in [0.25, 0.3) is 0 Å². The minimum atomic E-state index is -2.49. The molecule has 0 saturated carbocycles. The molecule has 0 aromatic heterocycles. The Morgan fingerprint density at radius 1 is 1.21 bits per heavy atom. The van der Waals surface area contributed by atoms with Gasteiger partial charge in [0.1, 0.15) is 0 Å². The van der Waals surface area contributed by atoms with Crippen LogP contribution in [0, 0.1) is 5.92 Å². The standard InChI is InChI=1S/C10H11ClF2O/c11-9-3-1-7(2-4-9)5-8(6-14)10(12)13/h1-4,8,10,14H,5-6H2/t8-/m0/s1. The molecule has 0 aliphatic carbocycles. The highest BCUT2D eigenvalue weighted by Crippen LogP contribution is 2.17. The third kappa shape index (κ3) is 3.24. The van der Waals surface area contributed by atoms with Crippen LogP contribution in [-0.2, 0) is 6.42 Å². The Labute approximate surface area is 86.3 Å². The number of benzene rings is 1. The molecule has 0 aliphatic rings. The van der Waals surface area contributed by atoms with Crippen molar-refractivity contribution in [3.8, 4) is 0 Å². The van der Waals surface area contributed by atoms with Crippen molar-refractivity contribution in [1.29, 1.82) is 0 Å². The van der Waals surface area contributed by atoms with Crippen LogP contribution in [0.15, 0.2) is 24.3 Å². The molecule has 0 heterocycles. The molecule has 1 atom stereocenters. The summed E-state index contributed by atoms with van der Waals surface area (Å²) in [4.78, 5) is 0. The topological polar surface area (TPSA) is 20.2 Å². The number of halogens is 3. The number of aliphatic hydroxyl groups excluding tert-OH is 1. The third-order valence-corrected chi connectivity index (χ3v) is 2.25. The fourth-order valence-electron chi connectivity index (χ4n) is 1.16. The second kappa shape index (κ2) is 5.27. The third-order valence-electron chi connectivity index (χ3n) is 2.00. The predicted octanol–water partition coefficient (Wildman–Crippen LogP) is 2.76. The highest BCUT2D eigenvalue weighted by Gasteiger charge is 2.19. The van der Waals surface area contributed by atoms with Crippen molar-refractivity contribution >= 4 is 11.6 Å². The van der Waals surface area contributed by atoms with E-state index in [1.807, 2.05) is 0 Å². The molecule has 78 valence electrons. The average Bonchev–Trinajstić information content (AvgIpc) is 2.16. The first-order valence-corrected chi connectivity index (χ1v) is 4.64. The Morgan fingerprint density at radius 3 is 2.21 bits per heavy atom. The van der Waals surface area contributed by atoms with Gasteiger partial charge in [0.25, 0.3) is 0 Å². The lowest BCUT2D eigenvalue weighted by Gasteiger charge is -2.12. The molecule has 0 bridgehead atoms. The Hall–Kier alpha value is -0.670. The molecule has 0 aliphatic heterocycles. The molecule has 1 aromatic carbocycles. The lowest BCUT2D eigenvalue weighted by molar-refractivity contribution is 0.0418. The average molecular weight is 221 g/mol. The van der Waals surface area contributed by atoms with Gasteiger partial charge >= 0.3 is 0 Å². The zero-order valence-corrected chi connectivity index (χ0v) is 8.22. The molecule has 0 amide bonds. The summed E-state index contributed by atoms with van der Waals surface area (Å²) in [6.45, 7) is -0.500. The Kier molecular flexibility index (Phi) is 4.29. The van der Waals surface area contributed by atoms with Crippen molar-refractivity contribution in [1.82, 2.24) is 0 Å². The lowest BCUT2D eigenvalue weighted by Crippen LogP contribution is -2.18. The van der Waals surface area contributed by atoms with Gasteiger partial charge in [-0.2, -0.15) is 0 Å². The quantitative estimate of drug-likeness (QED) is 0.827. The SMILES string of the molecule is OC[C@H](Cc1ccc(Cl)cc1)C(F)F. The zero-order chi connectivity index (χ0) is 10.6. The van der Waals surface area contributed by atoms with E-state index in [0.29, 0.717) is 5.02 Å². The monoisotopic (exact) mass is 220 g/mol. The molecular formula is C10H11ClF2O. The molecule has 14 heavy (non-hydrogen) atoms. The van der Waals surface area contributed by atoms with E-state index >= 15 is 0 Å². The maximum absolute atomic E-state index is 12.3. The summed E-state index contributed by atoms with van der Waals surface area (Å²) in [6.07, 6.45) is -2.32. The van der Waals surface area contributed by atoms with Crippen LogP contribution in [-0.4, -0.2) is 18.1 Å². The highest BCUT2D eigenvalue weighted by atomic mass is 35.5. The summed E-state index contributed by atoms with van der Waals surface area (Å²) in [5.41, 5.74) is 0.758. The van der Waals surface area contributed by atoms with E-state index < -0.39 is 19.0 Å². The molecule has 0 radical (unpaired) electrons. The number of rotatable bonds is 4. The van der Waals surface area contributed by atoms with Crippen molar-refractivity contribution in [2.75, 3.05) is 6.61 Å². The lowest BCUT2D eigenvalue weighted by atomic mass is 10.0. The van der Waals surface area contributed by atoms with Crippen LogP contribution in [0.4, 0.5) is 8.78 Å². The normalized spacial score (nSPS) is 13.2. The van der Waals surface area contributed by atoms with Crippen molar-refractivity contribution < 1.29 is 13.9 Å². The maximum Gasteiger partial charge on any atom is 0.243 e. The molecule has 1 N–H and O–H groups in total. The first kappa shape index (κ1) is 11.4. The van der Waals surface area contributed by atoms with Gasteiger partial charge in [0, 0.05) is 10.9 Å². The van der Waals surface area contributed by atoms with Crippen LogP contribution in [0.3, 0.4) is 0 Å². The summed E-state index contributed by atoms with van der Waals surface area (Å²) in [6, 6.07) is 6.67. The van der Waals surface area contributed by atoms with E-state index in [1.54, 1.807) is 24.3 Å². The zero-order valence-electron chi connectivity index (χ0n) is 7.46. The van der Waals surface area contributed by atoms with E-state index in [-0.39, 0.29) is 6.42 Å². The first-order valence-electron chi connectivity index (χ1n) is 4.27. The van der Waals surface area contributed by atoms with Gasteiger partial charge in [0.2, 0.25) is 6.43 Å². The summed E-state index contributed by atoms with van der Waals surface area (Å²) in [7, 11) is 0. The number of hydrogen-bond donors (Lipinski definition) is 1. The summed E-state index contributed by atoms with van der Waals surface area (Å²) < 4.78 is 24.6. The van der Waals surface area contributed by atoms with Gasteiger partial charge in [0.05, 0.1) is 6.61 Å². The minimum absolute atomic E-state index is 0.172. The van der Waals surface area contributed by atoms with E-state index in [0.717, 1.165) is 5.56 Å². The molecule has 1 aromatic rings. The van der Waals surface area contributed by atoms with E-state index in [4.69, 9.17) is 16.7 Å². The van der Waals surface area contributed by atoms with Crippen LogP contribution >= 0.6 is 11.6 Å². The van der Waals surface area contributed by atoms with Gasteiger partial charge in [-0.3, -0.25) is 0 Å². The molecule has 0 unspecified atom stereocenters. The highest BCUT2D eigenvalue weighted by molar-refractivity contribution is 6.30. The van der Waals surface area contributed by atoms with Crippen LogP contribution in [0.5, 0.6) is 0 Å². The molecule has 1 rings (SSSR count). The van der Waals surface area contributed by atoms with Crippen molar-refractivity contribution in [2.24, 2.45) is 5.92 Å². The number of aliphatic hydroxyl groups is 1. The second-order valence-corrected chi connectivity index (χ2v) is 3.54. The fourth-order valence-corrected chi connectivity index (χ4v) is 1.28. The van der Waals surface area contributed by atoms with Crippen molar-refractivity contribution in [3.63, 3.8) is 0 Å². The van der Waals surface area contributed by atoms with E-state index in [1.165, 1.54) is 0 Å². The summed E-state index contributed by atoms with van der Waals surface area (Å²) >= 11 is 5.65. The second-order valence-electron chi connectivity index (χ2n) is 3.11. The smallest absolute Gasteiger partial charge is 0.243 e. The number of hydrogen-bond acceptors (Lipinski definition) is 1. The van der Waals surface area contributed by atoms with Gasteiger partial charge in [-0.25, -0.2) is 8.78 Å². The molecule has 4 heteroatoms. The van der Waals surface area contributed by atoms with Gasteiger partial charge in [-0.1, -0.05) is 23.7 Å². The predicted molar refractivity (Wildman–Crippen MR) is 51.7 cm³/mol. The Morgan fingerprint density at radius 2 is 1.79 bits per heavy atom. The first-order chi connectivity index (χ1) is 6.63. The molecule has 0 fully saturated rings. The van der Waals surface area contributed by atoms with E-state index in [2.05, 4.69) is 0 Å². The maximum atomic E-state index is 12.3. The van der Waals surface area contributed by atoms with Gasteiger partial charge in [0.15, 0.2) is 0 Å². The largest absolute Gasteiger partial charge is 0.396 e. The van der Waals surface area contributed by atoms with Gasteiger partial charge < -0.3 is 5.11 Å². The van der Waals surface area contributed by atoms with Crippen molar-refractivity contribution in [3.05, 3.63) is 34.9 Å². The number of alkyl halides is 2. The Bertz CT molecular complexity index is 274. The summed E-state index contributed by atoms with van der Waals surface area (Å²) in [5, 5.41) is 9.28. The van der Waals surface area contributed by atoms with Gasteiger partial charge in [-0.15, -0.1) is 0 Å². The summed E-state index contributed by atoms with van der Waals surface area (Å²) in [5.74, 6) is -0.990. The van der Waals surface area contributed by atoms with E-state index in [9.17, 15) is 8.78 Å². The molecule has 0 saturated heterocycles. The van der Waals surface area contributed by atoms with Crippen molar-refractivity contribution in [2.45, 2.75) is 12.8 Å². The van der Waals surface area contributed by atoms with Crippen LogP contribution < -0.4 is 0 Å². The van der Waals surface area contributed by atoms with Gasteiger partial charge in [-0.05, 0) is 24.1 Å². The molecule has 0 spiro atoms. The molecular weight excluding hydrogens is 210 g/mol.